The summed E-state index contributed by atoms with van der Waals surface area (Å²) in [6, 6.07) is 9.32. The summed E-state index contributed by atoms with van der Waals surface area (Å²) >= 11 is 0. The number of aromatic nitrogens is 2. The summed E-state index contributed by atoms with van der Waals surface area (Å²) in [5.41, 5.74) is 2.96. The largest absolute Gasteiger partial charge is 0.497 e. The Balaban J connectivity index is 2.06. The van der Waals surface area contributed by atoms with Gasteiger partial charge < -0.3 is 9.15 Å². The van der Waals surface area contributed by atoms with Crippen molar-refractivity contribution in [3.8, 4) is 5.75 Å². The Hall–Kier alpha value is -2.56. The molecule has 0 atom stereocenters. The lowest BCUT2D eigenvalue weighted by Gasteiger charge is -2.06. The molecule has 0 saturated heterocycles. The molecule has 0 radical (unpaired) electrons. The number of ether oxygens (including phenoxy) is 1. The van der Waals surface area contributed by atoms with Crippen molar-refractivity contribution < 1.29 is 9.15 Å². The third-order valence-corrected chi connectivity index (χ3v) is 3.57. The molecule has 0 fully saturated rings. The van der Waals surface area contributed by atoms with Crippen LogP contribution in [0.5, 0.6) is 5.75 Å². The zero-order valence-electron chi connectivity index (χ0n) is 12.2. The second-order valence-electron chi connectivity index (χ2n) is 5.02. The van der Waals surface area contributed by atoms with Gasteiger partial charge in [-0.1, -0.05) is 12.1 Å². The van der Waals surface area contributed by atoms with Crippen LogP contribution in [-0.4, -0.2) is 16.9 Å². The smallest absolute Gasteiger partial charge is 0.337 e. The number of hydrogen-bond acceptors (Lipinski definition) is 4. The average molecular weight is 284 g/mol. The van der Waals surface area contributed by atoms with Crippen molar-refractivity contribution in [2.45, 2.75) is 20.4 Å². The molecule has 5 heteroatoms. The van der Waals surface area contributed by atoms with Crippen LogP contribution in [0.4, 0.5) is 0 Å². The molecule has 1 aromatic carbocycles. The summed E-state index contributed by atoms with van der Waals surface area (Å²) in [6.07, 6.45) is 0. The first-order valence-electron chi connectivity index (χ1n) is 6.69. The highest BCUT2D eigenvalue weighted by atomic mass is 16.5. The van der Waals surface area contributed by atoms with E-state index in [9.17, 15) is 4.79 Å². The fourth-order valence-corrected chi connectivity index (χ4v) is 2.52. The second-order valence-corrected chi connectivity index (χ2v) is 5.02. The number of hydrogen-bond donors (Lipinski definition) is 0. The maximum Gasteiger partial charge on any atom is 0.337 e. The lowest BCUT2D eigenvalue weighted by atomic mass is 10.2. The molecule has 108 valence electrons. The Kier molecular flexibility index (Phi) is 3.25. The van der Waals surface area contributed by atoms with Gasteiger partial charge in [0.2, 0.25) is 5.71 Å². The first kappa shape index (κ1) is 13.4. The molecule has 0 saturated carbocycles. The molecule has 21 heavy (non-hydrogen) atoms. The van der Waals surface area contributed by atoms with E-state index >= 15 is 0 Å². The maximum atomic E-state index is 11.4. The summed E-state index contributed by atoms with van der Waals surface area (Å²) in [6.45, 7) is 4.47. The van der Waals surface area contributed by atoms with Crippen molar-refractivity contribution in [3.05, 3.63) is 57.6 Å². The standard InChI is InChI=1S/C16H16N2O3/c1-10-7-14(19)21-16-15(10)11(2)18(17-16)9-12-5-4-6-13(8-12)20-3/h4-8H,9H2,1-3H3. The van der Waals surface area contributed by atoms with Crippen LogP contribution in [0.15, 0.2) is 39.5 Å². The van der Waals surface area contributed by atoms with Crippen LogP contribution in [0.2, 0.25) is 0 Å². The lowest BCUT2D eigenvalue weighted by molar-refractivity contribution is 0.414. The van der Waals surface area contributed by atoms with Crippen LogP contribution in [0, 0.1) is 13.8 Å². The van der Waals surface area contributed by atoms with E-state index in [1.54, 1.807) is 7.11 Å². The Morgan fingerprint density at radius 3 is 2.86 bits per heavy atom. The molecule has 3 rings (SSSR count). The first-order chi connectivity index (χ1) is 10.1. The molecule has 5 nitrogen and oxygen atoms in total. The summed E-state index contributed by atoms with van der Waals surface area (Å²) in [5.74, 6) is 0.810. The third-order valence-electron chi connectivity index (χ3n) is 3.57. The minimum Gasteiger partial charge on any atom is -0.497 e. The molecule has 0 aliphatic carbocycles. The summed E-state index contributed by atoms with van der Waals surface area (Å²) in [5, 5.41) is 5.29. The van der Waals surface area contributed by atoms with Crippen LogP contribution in [-0.2, 0) is 6.54 Å². The second kappa shape index (κ2) is 5.09. The third kappa shape index (κ3) is 2.42. The first-order valence-corrected chi connectivity index (χ1v) is 6.69. The highest BCUT2D eigenvalue weighted by molar-refractivity contribution is 5.79. The van der Waals surface area contributed by atoms with Gasteiger partial charge in [-0.2, -0.15) is 0 Å². The Labute approximate surface area is 121 Å². The number of rotatable bonds is 3. The van der Waals surface area contributed by atoms with E-state index in [0.29, 0.717) is 12.3 Å². The van der Waals surface area contributed by atoms with Crippen LogP contribution in [0.1, 0.15) is 16.8 Å². The summed E-state index contributed by atoms with van der Waals surface area (Å²) in [4.78, 5) is 11.4. The molecule has 0 unspecified atom stereocenters. The van der Waals surface area contributed by atoms with Gasteiger partial charge in [-0.05, 0) is 37.1 Å². The SMILES string of the molecule is COc1cccc(Cn2nc3oc(=O)cc(C)c3c2C)c1. The van der Waals surface area contributed by atoms with E-state index in [2.05, 4.69) is 5.10 Å². The number of methoxy groups -OCH3 is 1. The minimum atomic E-state index is -0.369. The Morgan fingerprint density at radius 1 is 1.29 bits per heavy atom. The zero-order chi connectivity index (χ0) is 15.0. The number of nitrogens with zero attached hydrogens (tertiary/aromatic N) is 2. The van der Waals surface area contributed by atoms with E-state index in [4.69, 9.17) is 9.15 Å². The van der Waals surface area contributed by atoms with Crippen molar-refractivity contribution in [2.24, 2.45) is 0 Å². The van der Waals surface area contributed by atoms with E-state index < -0.39 is 0 Å². The molecule has 2 heterocycles. The molecule has 0 spiro atoms. The van der Waals surface area contributed by atoms with Crippen LogP contribution < -0.4 is 10.4 Å². The normalized spacial score (nSPS) is 11.0. The Morgan fingerprint density at radius 2 is 2.10 bits per heavy atom. The summed E-state index contributed by atoms with van der Waals surface area (Å²) in [7, 11) is 1.64. The van der Waals surface area contributed by atoms with Gasteiger partial charge >= 0.3 is 5.63 Å². The van der Waals surface area contributed by atoms with E-state index in [-0.39, 0.29) is 5.63 Å². The molecule has 2 aromatic heterocycles. The number of fused-ring (bicyclic) bond motifs is 1. The van der Waals surface area contributed by atoms with Crippen LogP contribution in [0.3, 0.4) is 0 Å². The number of aryl methyl sites for hydroxylation is 2. The van der Waals surface area contributed by atoms with Crippen molar-refractivity contribution in [1.29, 1.82) is 0 Å². The fraction of sp³-hybridized carbons (Fsp3) is 0.250. The van der Waals surface area contributed by atoms with Gasteiger partial charge in [0.1, 0.15) is 5.75 Å². The zero-order valence-corrected chi connectivity index (χ0v) is 12.2. The maximum absolute atomic E-state index is 11.4. The van der Waals surface area contributed by atoms with Crippen LogP contribution >= 0.6 is 0 Å². The predicted octanol–water partition coefficient (Wildman–Crippen LogP) is 2.66. The van der Waals surface area contributed by atoms with E-state index in [1.165, 1.54) is 6.07 Å². The molecule has 3 aromatic rings. The summed E-state index contributed by atoms with van der Waals surface area (Å²) < 4.78 is 12.2. The highest BCUT2D eigenvalue weighted by Gasteiger charge is 2.13. The number of benzene rings is 1. The van der Waals surface area contributed by atoms with Gasteiger partial charge in [-0.15, -0.1) is 5.10 Å². The quantitative estimate of drug-likeness (QED) is 0.742. The Bertz CT molecular complexity index is 862. The van der Waals surface area contributed by atoms with E-state index in [0.717, 1.165) is 28.0 Å². The predicted molar refractivity (Wildman–Crippen MR) is 79.8 cm³/mol. The highest BCUT2D eigenvalue weighted by Crippen LogP contribution is 2.21. The monoisotopic (exact) mass is 284 g/mol. The molecule has 0 N–H and O–H groups in total. The lowest BCUT2D eigenvalue weighted by Crippen LogP contribution is -2.03. The molecule has 0 aliphatic rings. The topological polar surface area (TPSA) is 57.3 Å². The van der Waals surface area contributed by atoms with Crippen molar-refractivity contribution in [1.82, 2.24) is 9.78 Å². The molecule has 0 amide bonds. The fourth-order valence-electron chi connectivity index (χ4n) is 2.52. The molecule has 0 aliphatic heterocycles. The van der Waals surface area contributed by atoms with Gasteiger partial charge in [-0.25, -0.2) is 4.79 Å². The van der Waals surface area contributed by atoms with Gasteiger partial charge in [0.05, 0.1) is 19.0 Å². The van der Waals surface area contributed by atoms with Crippen LogP contribution in [0.25, 0.3) is 11.1 Å². The molecular formula is C16H16N2O3. The van der Waals surface area contributed by atoms with Gasteiger partial charge in [0.25, 0.3) is 0 Å². The van der Waals surface area contributed by atoms with Crippen molar-refractivity contribution in [2.75, 3.05) is 7.11 Å². The van der Waals surface area contributed by atoms with Gasteiger partial charge in [0.15, 0.2) is 0 Å². The van der Waals surface area contributed by atoms with Gasteiger partial charge in [-0.3, -0.25) is 4.68 Å². The average Bonchev–Trinajstić information content (AvgIpc) is 2.75. The minimum absolute atomic E-state index is 0.369. The van der Waals surface area contributed by atoms with Crippen molar-refractivity contribution in [3.63, 3.8) is 0 Å². The molecular weight excluding hydrogens is 268 g/mol. The van der Waals surface area contributed by atoms with E-state index in [1.807, 2.05) is 42.8 Å². The van der Waals surface area contributed by atoms with Gasteiger partial charge in [0, 0.05) is 11.8 Å². The molecule has 0 bridgehead atoms. The van der Waals surface area contributed by atoms with Crippen molar-refractivity contribution >= 4 is 11.1 Å².